The molecule has 0 saturated heterocycles. The third-order valence-electron chi connectivity index (χ3n) is 5.24. The first-order chi connectivity index (χ1) is 17.0. The van der Waals surface area contributed by atoms with E-state index in [1.165, 1.54) is 5.01 Å². The van der Waals surface area contributed by atoms with Gasteiger partial charge < -0.3 is 14.2 Å². The van der Waals surface area contributed by atoms with Gasteiger partial charge in [0.15, 0.2) is 11.5 Å². The summed E-state index contributed by atoms with van der Waals surface area (Å²) in [4.78, 5) is 13.0. The molecule has 0 fully saturated rings. The highest BCUT2D eigenvalue weighted by Crippen LogP contribution is 2.37. The van der Waals surface area contributed by atoms with Crippen molar-refractivity contribution in [2.75, 3.05) is 25.3 Å². The molecular formula is C27H24Cl2N2O4. The highest BCUT2D eigenvalue weighted by Gasteiger charge is 2.28. The number of hydrazone groups is 1. The summed E-state index contributed by atoms with van der Waals surface area (Å²) in [6.07, 6.45) is 2.40. The van der Waals surface area contributed by atoms with Gasteiger partial charge in [0, 0.05) is 11.4 Å². The Kier molecular flexibility index (Phi) is 7.95. The summed E-state index contributed by atoms with van der Waals surface area (Å²) in [7, 11) is 1.55. The van der Waals surface area contributed by atoms with E-state index in [1.807, 2.05) is 42.5 Å². The zero-order chi connectivity index (χ0) is 24.8. The fourth-order valence-corrected chi connectivity index (χ4v) is 3.91. The van der Waals surface area contributed by atoms with Crippen LogP contribution in [0.1, 0.15) is 18.9 Å². The summed E-state index contributed by atoms with van der Waals surface area (Å²) in [5.41, 5.74) is 2.52. The molecule has 1 heterocycles. The van der Waals surface area contributed by atoms with E-state index in [1.54, 1.807) is 44.4 Å². The van der Waals surface area contributed by atoms with Gasteiger partial charge in [-0.25, -0.2) is 0 Å². The first kappa shape index (κ1) is 24.6. The molecule has 0 bridgehead atoms. The number of anilines is 1. The maximum absolute atomic E-state index is 13.0. The minimum absolute atomic E-state index is 0.204. The molecule has 0 spiro atoms. The average molecular weight is 511 g/mol. The van der Waals surface area contributed by atoms with Crippen LogP contribution in [0.5, 0.6) is 17.2 Å². The maximum atomic E-state index is 13.0. The molecule has 35 heavy (non-hydrogen) atoms. The molecule has 0 N–H and O–H groups in total. The van der Waals surface area contributed by atoms with Crippen LogP contribution in [0.2, 0.25) is 10.0 Å². The van der Waals surface area contributed by atoms with Gasteiger partial charge in [0.2, 0.25) is 0 Å². The number of nitrogens with zero attached hydrogens (tertiary/aromatic N) is 2. The topological polar surface area (TPSA) is 60.4 Å². The number of hydrogen-bond acceptors (Lipinski definition) is 5. The molecular weight excluding hydrogens is 487 g/mol. The average Bonchev–Trinajstić information content (AvgIpc) is 3.14. The highest BCUT2D eigenvalue weighted by molar-refractivity contribution is 6.33. The Morgan fingerprint density at radius 2 is 1.69 bits per heavy atom. The van der Waals surface area contributed by atoms with Crippen molar-refractivity contribution >= 4 is 46.6 Å². The molecule has 0 atom stereocenters. The maximum Gasteiger partial charge on any atom is 0.280 e. The largest absolute Gasteiger partial charge is 0.493 e. The van der Waals surface area contributed by atoms with Gasteiger partial charge in [0.1, 0.15) is 5.75 Å². The van der Waals surface area contributed by atoms with Gasteiger partial charge >= 0.3 is 0 Å². The van der Waals surface area contributed by atoms with E-state index in [0.29, 0.717) is 63.7 Å². The molecule has 8 heteroatoms. The van der Waals surface area contributed by atoms with Crippen LogP contribution in [-0.2, 0) is 4.79 Å². The van der Waals surface area contributed by atoms with Crippen molar-refractivity contribution in [2.45, 2.75) is 13.3 Å². The summed E-state index contributed by atoms with van der Waals surface area (Å²) < 4.78 is 17.1. The van der Waals surface area contributed by atoms with Crippen LogP contribution in [0, 0.1) is 0 Å². The molecule has 3 aromatic rings. The number of rotatable bonds is 9. The van der Waals surface area contributed by atoms with Crippen LogP contribution in [0.4, 0.5) is 5.69 Å². The standard InChI is InChI=1S/C27H24Cl2N2O4/c1-18-23(27(32)31(30-18)21-7-4-3-5-8-21)15-19-16-24(29)26(25(17-19)33-2)35-14-6-13-34-22-11-9-20(28)10-12-22/h3-5,7-12,15-17H,6,13-14H2,1-2H3. The van der Waals surface area contributed by atoms with Crippen LogP contribution in [0.3, 0.4) is 0 Å². The van der Waals surface area contributed by atoms with Gasteiger partial charge in [-0.2, -0.15) is 10.1 Å². The molecule has 3 aromatic carbocycles. The van der Waals surface area contributed by atoms with Gasteiger partial charge in [-0.3, -0.25) is 4.79 Å². The van der Waals surface area contributed by atoms with E-state index in [2.05, 4.69) is 5.10 Å². The van der Waals surface area contributed by atoms with E-state index in [-0.39, 0.29) is 5.91 Å². The Labute approximate surface area is 214 Å². The Bertz CT molecular complexity index is 1260. The minimum atomic E-state index is -0.204. The van der Waals surface area contributed by atoms with Crippen LogP contribution in [0.25, 0.3) is 6.08 Å². The van der Waals surface area contributed by atoms with Gasteiger partial charge in [0.05, 0.1) is 42.3 Å². The first-order valence-electron chi connectivity index (χ1n) is 11.0. The van der Waals surface area contributed by atoms with Gasteiger partial charge in [-0.1, -0.05) is 41.4 Å². The van der Waals surface area contributed by atoms with Crippen LogP contribution in [-0.4, -0.2) is 31.9 Å². The SMILES string of the molecule is COc1cc(C=C2C(=O)N(c3ccccc3)N=C2C)cc(Cl)c1OCCCOc1ccc(Cl)cc1. The number of amides is 1. The zero-order valence-corrected chi connectivity index (χ0v) is 20.8. The lowest BCUT2D eigenvalue weighted by molar-refractivity contribution is -0.114. The molecule has 180 valence electrons. The fourth-order valence-electron chi connectivity index (χ4n) is 3.51. The van der Waals surface area contributed by atoms with E-state index < -0.39 is 0 Å². The van der Waals surface area contributed by atoms with Crippen molar-refractivity contribution in [2.24, 2.45) is 5.10 Å². The van der Waals surface area contributed by atoms with Crippen LogP contribution in [0.15, 0.2) is 77.4 Å². The summed E-state index contributed by atoms with van der Waals surface area (Å²) in [5, 5.41) is 6.85. The highest BCUT2D eigenvalue weighted by atomic mass is 35.5. The molecule has 4 rings (SSSR count). The Morgan fingerprint density at radius 3 is 2.40 bits per heavy atom. The molecule has 0 aromatic heterocycles. The molecule has 0 aliphatic carbocycles. The number of methoxy groups -OCH3 is 1. The quantitative estimate of drug-likeness (QED) is 0.238. The smallest absolute Gasteiger partial charge is 0.280 e. The van der Waals surface area contributed by atoms with Crippen molar-refractivity contribution in [3.05, 3.63) is 87.9 Å². The molecule has 0 saturated carbocycles. The van der Waals surface area contributed by atoms with Gasteiger partial charge in [0.25, 0.3) is 5.91 Å². The van der Waals surface area contributed by atoms with E-state index in [4.69, 9.17) is 37.4 Å². The van der Waals surface area contributed by atoms with Crippen molar-refractivity contribution in [3.63, 3.8) is 0 Å². The lowest BCUT2D eigenvalue weighted by Crippen LogP contribution is -2.21. The normalized spacial score (nSPS) is 14.3. The Balaban J connectivity index is 1.42. The second-order valence-corrected chi connectivity index (χ2v) is 8.58. The summed E-state index contributed by atoms with van der Waals surface area (Å²) in [5.74, 6) is 1.46. The van der Waals surface area contributed by atoms with Gasteiger partial charge in [-0.15, -0.1) is 0 Å². The minimum Gasteiger partial charge on any atom is -0.493 e. The van der Waals surface area contributed by atoms with E-state index in [0.717, 1.165) is 5.75 Å². The number of carbonyl (C=O) groups is 1. The van der Waals surface area contributed by atoms with Gasteiger partial charge in [-0.05, 0) is 67.1 Å². The predicted molar refractivity (Wildman–Crippen MR) is 140 cm³/mol. The molecule has 1 aliphatic rings. The molecule has 1 aliphatic heterocycles. The lowest BCUT2D eigenvalue weighted by atomic mass is 10.1. The Hall–Kier alpha value is -3.48. The number of para-hydroxylation sites is 1. The molecule has 1 amide bonds. The first-order valence-corrected chi connectivity index (χ1v) is 11.8. The van der Waals surface area contributed by atoms with Crippen molar-refractivity contribution < 1.29 is 19.0 Å². The Morgan fingerprint density at radius 1 is 0.971 bits per heavy atom. The fraction of sp³-hybridized carbons (Fsp3) is 0.185. The van der Waals surface area contributed by atoms with Crippen molar-refractivity contribution in [1.29, 1.82) is 0 Å². The van der Waals surface area contributed by atoms with Crippen molar-refractivity contribution in [3.8, 4) is 17.2 Å². The molecule has 6 nitrogen and oxygen atoms in total. The van der Waals surface area contributed by atoms with E-state index in [9.17, 15) is 4.79 Å². The zero-order valence-electron chi connectivity index (χ0n) is 19.3. The third-order valence-corrected chi connectivity index (χ3v) is 5.78. The third kappa shape index (κ3) is 5.96. The lowest BCUT2D eigenvalue weighted by Gasteiger charge is -2.14. The number of hydrogen-bond donors (Lipinski definition) is 0. The number of halogens is 2. The van der Waals surface area contributed by atoms with Crippen molar-refractivity contribution in [1.82, 2.24) is 0 Å². The molecule has 0 unspecified atom stereocenters. The second kappa shape index (κ2) is 11.3. The number of ether oxygens (including phenoxy) is 3. The van der Waals surface area contributed by atoms with Crippen LogP contribution >= 0.6 is 23.2 Å². The van der Waals surface area contributed by atoms with Crippen LogP contribution < -0.4 is 19.2 Å². The molecule has 0 radical (unpaired) electrons. The number of benzene rings is 3. The summed E-state index contributed by atoms with van der Waals surface area (Å²) in [6, 6.07) is 20.0. The summed E-state index contributed by atoms with van der Waals surface area (Å²) >= 11 is 12.4. The predicted octanol–water partition coefficient (Wildman–Crippen LogP) is 6.66. The monoisotopic (exact) mass is 510 g/mol. The number of carbonyl (C=O) groups excluding carboxylic acids is 1. The summed E-state index contributed by atoms with van der Waals surface area (Å²) in [6.45, 7) is 2.67. The second-order valence-electron chi connectivity index (χ2n) is 7.73. The van der Waals surface area contributed by atoms with E-state index >= 15 is 0 Å².